The maximum Gasteiger partial charge on any atom is 0.222 e. The Hall–Kier alpha value is -2.12. The third kappa shape index (κ3) is 20.7. The van der Waals surface area contributed by atoms with Crippen molar-refractivity contribution in [3.05, 3.63) is 0 Å². The highest BCUT2D eigenvalue weighted by Crippen LogP contribution is 2.15. The monoisotopic (exact) mass is 564 g/mol. The number of carbonyl (C=O) groups excluding carboxylic acids is 4. The number of hydrogen-bond acceptors (Lipinski definition) is 4. The van der Waals surface area contributed by atoms with Crippen molar-refractivity contribution >= 4 is 23.6 Å². The van der Waals surface area contributed by atoms with Gasteiger partial charge in [-0.3, -0.25) is 19.2 Å². The quantitative estimate of drug-likeness (QED) is 0.251. The molecule has 2 fully saturated rings. The normalized spacial score (nSPS) is 17.1. The van der Waals surface area contributed by atoms with Crippen LogP contribution >= 0.6 is 0 Å². The van der Waals surface area contributed by atoms with Crippen molar-refractivity contribution in [2.24, 2.45) is 11.5 Å². The van der Waals surface area contributed by atoms with Gasteiger partial charge in [-0.1, -0.05) is 77.0 Å². The Bertz CT molecular complexity index is 680. The molecule has 2 aliphatic rings. The molecule has 0 aromatic rings. The molecule has 40 heavy (non-hydrogen) atoms. The van der Waals surface area contributed by atoms with Crippen LogP contribution in [-0.4, -0.2) is 59.6 Å². The fourth-order valence-corrected chi connectivity index (χ4v) is 5.52. The predicted molar refractivity (Wildman–Crippen MR) is 162 cm³/mol. The average molecular weight is 565 g/mol. The van der Waals surface area contributed by atoms with Crippen molar-refractivity contribution < 1.29 is 19.2 Å². The van der Waals surface area contributed by atoms with Crippen LogP contribution in [0.3, 0.4) is 0 Å². The number of primary amides is 2. The van der Waals surface area contributed by atoms with E-state index in [0.717, 1.165) is 90.4 Å². The molecule has 4 N–H and O–H groups in total. The van der Waals surface area contributed by atoms with Crippen LogP contribution in [-0.2, 0) is 19.2 Å². The number of rotatable bonds is 14. The molecule has 4 amide bonds. The molecule has 0 aromatic carbocycles. The van der Waals surface area contributed by atoms with Gasteiger partial charge in [0.25, 0.3) is 0 Å². The van der Waals surface area contributed by atoms with Gasteiger partial charge >= 0.3 is 0 Å². The lowest BCUT2D eigenvalue weighted by atomic mass is 10.1. The summed E-state index contributed by atoms with van der Waals surface area (Å²) in [5, 5.41) is 0. The van der Waals surface area contributed by atoms with E-state index in [-0.39, 0.29) is 17.7 Å². The Kier molecular flexibility index (Phi) is 22.1. The minimum Gasteiger partial charge on any atom is -0.370 e. The van der Waals surface area contributed by atoms with Gasteiger partial charge in [0.2, 0.25) is 23.6 Å². The lowest BCUT2D eigenvalue weighted by Gasteiger charge is -2.22. The van der Waals surface area contributed by atoms with E-state index in [1.54, 1.807) is 0 Å². The Labute approximate surface area is 244 Å². The first-order valence-corrected chi connectivity index (χ1v) is 16.5. The molecule has 0 saturated carbocycles. The summed E-state index contributed by atoms with van der Waals surface area (Å²) in [6.07, 6.45) is 25.1. The van der Waals surface area contributed by atoms with E-state index in [9.17, 15) is 19.2 Å². The third-order valence-corrected chi connectivity index (χ3v) is 8.05. The smallest absolute Gasteiger partial charge is 0.222 e. The minimum absolute atomic E-state index is 0.198. The van der Waals surface area contributed by atoms with Crippen molar-refractivity contribution in [1.29, 1.82) is 0 Å². The van der Waals surface area contributed by atoms with E-state index in [0.29, 0.717) is 31.6 Å². The van der Waals surface area contributed by atoms with Gasteiger partial charge in [0.15, 0.2) is 0 Å². The topological polar surface area (TPSA) is 127 Å². The van der Waals surface area contributed by atoms with Crippen LogP contribution in [0.5, 0.6) is 0 Å². The summed E-state index contributed by atoms with van der Waals surface area (Å²) in [5.41, 5.74) is 10.2. The highest BCUT2D eigenvalue weighted by atomic mass is 16.2. The summed E-state index contributed by atoms with van der Waals surface area (Å²) in [5.74, 6) is 0.132. The maximum absolute atomic E-state index is 12.4. The lowest BCUT2D eigenvalue weighted by molar-refractivity contribution is -0.132. The van der Waals surface area contributed by atoms with Gasteiger partial charge in [0.1, 0.15) is 0 Å². The molecule has 0 atom stereocenters. The molecule has 2 saturated heterocycles. The van der Waals surface area contributed by atoms with Gasteiger partial charge in [0.05, 0.1) is 0 Å². The van der Waals surface area contributed by atoms with E-state index >= 15 is 0 Å². The first-order valence-electron chi connectivity index (χ1n) is 16.5. The average Bonchev–Trinajstić information content (AvgIpc) is 3.24. The molecule has 2 rings (SSSR count). The van der Waals surface area contributed by atoms with Crippen LogP contribution in [0.25, 0.3) is 0 Å². The molecule has 0 bridgehead atoms. The SMILES string of the molecule is NC(=O)CCCCC(=O)N1CCCCCC1.NC(=O)CCCCCCCCC(=O)N1CCCCCCCCCC1. The Morgan fingerprint density at radius 2 is 0.625 bits per heavy atom. The summed E-state index contributed by atoms with van der Waals surface area (Å²) in [6.45, 7) is 3.75. The van der Waals surface area contributed by atoms with Crippen LogP contribution in [0.15, 0.2) is 0 Å². The summed E-state index contributed by atoms with van der Waals surface area (Å²) in [4.78, 5) is 49.5. The summed E-state index contributed by atoms with van der Waals surface area (Å²) in [7, 11) is 0. The van der Waals surface area contributed by atoms with Crippen LogP contribution in [0.1, 0.15) is 154 Å². The Morgan fingerprint density at radius 3 is 0.975 bits per heavy atom. The van der Waals surface area contributed by atoms with Crippen molar-refractivity contribution in [1.82, 2.24) is 9.80 Å². The molecular weight excluding hydrogens is 504 g/mol. The van der Waals surface area contributed by atoms with Gasteiger partial charge in [-0.25, -0.2) is 0 Å². The van der Waals surface area contributed by atoms with Crippen molar-refractivity contribution in [2.75, 3.05) is 26.2 Å². The summed E-state index contributed by atoms with van der Waals surface area (Å²) in [6, 6.07) is 0. The van der Waals surface area contributed by atoms with Gasteiger partial charge in [-0.15, -0.1) is 0 Å². The zero-order chi connectivity index (χ0) is 29.3. The Balaban J connectivity index is 0.000000433. The molecule has 0 aliphatic carbocycles. The lowest BCUT2D eigenvalue weighted by Crippen LogP contribution is -2.32. The van der Waals surface area contributed by atoms with Crippen LogP contribution < -0.4 is 11.5 Å². The number of likely N-dealkylation sites (tertiary alicyclic amines) is 1. The molecule has 2 aliphatic heterocycles. The van der Waals surface area contributed by atoms with Crippen LogP contribution in [0.2, 0.25) is 0 Å². The molecule has 0 aromatic heterocycles. The molecular formula is C32H60N4O4. The number of hydrogen-bond donors (Lipinski definition) is 2. The van der Waals surface area contributed by atoms with Gasteiger partial charge in [0, 0.05) is 51.9 Å². The van der Waals surface area contributed by atoms with E-state index in [1.807, 2.05) is 4.90 Å². The van der Waals surface area contributed by atoms with E-state index in [1.165, 1.54) is 64.2 Å². The molecule has 2 heterocycles. The second-order valence-corrected chi connectivity index (χ2v) is 11.8. The van der Waals surface area contributed by atoms with Gasteiger partial charge < -0.3 is 21.3 Å². The van der Waals surface area contributed by atoms with E-state index in [2.05, 4.69) is 4.90 Å². The van der Waals surface area contributed by atoms with E-state index in [4.69, 9.17) is 11.5 Å². The van der Waals surface area contributed by atoms with Crippen molar-refractivity contribution in [3.8, 4) is 0 Å². The zero-order valence-corrected chi connectivity index (χ0v) is 25.5. The van der Waals surface area contributed by atoms with Gasteiger partial charge in [-0.05, 0) is 51.4 Å². The van der Waals surface area contributed by atoms with Gasteiger partial charge in [-0.2, -0.15) is 0 Å². The van der Waals surface area contributed by atoms with Crippen molar-refractivity contribution in [3.63, 3.8) is 0 Å². The maximum atomic E-state index is 12.4. The fraction of sp³-hybridized carbons (Fsp3) is 0.875. The first-order chi connectivity index (χ1) is 19.4. The number of carbonyl (C=O) groups is 4. The zero-order valence-electron chi connectivity index (χ0n) is 25.5. The summed E-state index contributed by atoms with van der Waals surface area (Å²) < 4.78 is 0. The standard InChI is InChI=1S/C20H38N2O2.C12H22N2O2/c21-19(23)15-11-7-3-4-8-12-16-20(24)22-17-13-9-5-1-2-6-10-14-18-22;13-11(15)7-3-4-8-12(16)14-9-5-1-2-6-10-14/h1-18H2,(H2,21,23);1-10H2,(H2,13,15). The number of unbranched alkanes of at least 4 members (excludes halogenated alkanes) is 6. The highest BCUT2D eigenvalue weighted by Gasteiger charge is 2.15. The highest BCUT2D eigenvalue weighted by molar-refractivity contribution is 5.77. The number of nitrogens with zero attached hydrogens (tertiary/aromatic N) is 2. The molecule has 0 spiro atoms. The number of nitrogens with two attached hydrogens (primary N) is 2. The minimum atomic E-state index is -0.276. The largest absolute Gasteiger partial charge is 0.370 e. The molecule has 8 heteroatoms. The second kappa shape index (κ2) is 24.7. The molecule has 0 unspecified atom stereocenters. The fourth-order valence-electron chi connectivity index (χ4n) is 5.52. The molecule has 0 radical (unpaired) electrons. The Morgan fingerprint density at radius 1 is 0.375 bits per heavy atom. The first kappa shape index (κ1) is 35.9. The summed E-state index contributed by atoms with van der Waals surface area (Å²) >= 11 is 0. The van der Waals surface area contributed by atoms with Crippen LogP contribution in [0.4, 0.5) is 0 Å². The number of amides is 4. The predicted octanol–water partition coefficient (Wildman–Crippen LogP) is 5.99. The van der Waals surface area contributed by atoms with Crippen LogP contribution in [0, 0.1) is 0 Å². The molecule has 8 nitrogen and oxygen atoms in total. The second-order valence-electron chi connectivity index (χ2n) is 11.8. The molecule has 232 valence electrons. The third-order valence-electron chi connectivity index (χ3n) is 8.05. The van der Waals surface area contributed by atoms with Crippen molar-refractivity contribution in [2.45, 2.75) is 154 Å². The van der Waals surface area contributed by atoms with E-state index < -0.39 is 0 Å².